The standard InChI is InChI=1S/C12H18/c1-9(2)12-8-6-5-7-10(3)11(12)4/h5-6,8,10-11H,1,7H2,2-4H3. The van der Waals surface area contributed by atoms with Crippen LogP contribution < -0.4 is 0 Å². The normalized spacial score (nSPS) is 29.4. The molecule has 0 spiro atoms. The number of allylic oxidation sites excluding steroid dienone is 5. The van der Waals surface area contributed by atoms with Crippen LogP contribution in [0.5, 0.6) is 0 Å². The maximum absolute atomic E-state index is 4.00. The molecule has 0 aromatic carbocycles. The molecule has 0 aromatic heterocycles. The summed E-state index contributed by atoms with van der Waals surface area (Å²) in [7, 11) is 0. The van der Waals surface area contributed by atoms with Crippen LogP contribution in [0.4, 0.5) is 0 Å². The molecule has 2 unspecified atom stereocenters. The summed E-state index contributed by atoms with van der Waals surface area (Å²) in [5.74, 6) is 1.39. The molecule has 0 amide bonds. The van der Waals surface area contributed by atoms with Gasteiger partial charge in [-0.2, -0.15) is 0 Å². The molecule has 2 atom stereocenters. The average molecular weight is 162 g/mol. The average Bonchev–Trinajstić information content (AvgIpc) is 2.15. The summed E-state index contributed by atoms with van der Waals surface area (Å²) in [6, 6.07) is 0. The van der Waals surface area contributed by atoms with Crippen molar-refractivity contribution in [1.29, 1.82) is 0 Å². The van der Waals surface area contributed by atoms with Gasteiger partial charge in [0, 0.05) is 0 Å². The topological polar surface area (TPSA) is 0 Å². The van der Waals surface area contributed by atoms with E-state index in [4.69, 9.17) is 0 Å². The molecule has 0 fully saturated rings. The van der Waals surface area contributed by atoms with Crippen LogP contribution >= 0.6 is 0 Å². The molecule has 0 aromatic rings. The van der Waals surface area contributed by atoms with Crippen molar-refractivity contribution in [3.8, 4) is 0 Å². The summed E-state index contributed by atoms with van der Waals surface area (Å²) < 4.78 is 0. The minimum Gasteiger partial charge on any atom is -0.0958 e. The van der Waals surface area contributed by atoms with Crippen LogP contribution in [0, 0.1) is 11.8 Å². The van der Waals surface area contributed by atoms with E-state index in [0.29, 0.717) is 5.92 Å². The molecule has 0 N–H and O–H groups in total. The zero-order valence-electron chi connectivity index (χ0n) is 8.30. The number of hydrogen-bond acceptors (Lipinski definition) is 0. The zero-order valence-corrected chi connectivity index (χ0v) is 8.30. The van der Waals surface area contributed by atoms with E-state index >= 15 is 0 Å². The van der Waals surface area contributed by atoms with Crippen LogP contribution in [-0.4, -0.2) is 0 Å². The Labute approximate surface area is 75.7 Å². The van der Waals surface area contributed by atoms with Crippen LogP contribution in [0.15, 0.2) is 36.0 Å². The first-order valence-electron chi connectivity index (χ1n) is 4.65. The molecule has 0 radical (unpaired) electrons. The van der Waals surface area contributed by atoms with Crippen LogP contribution in [0.1, 0.15) is 27.2 Å². The van der Waals surface area contributed by atoms with Crippen molar-refractivity contribution >= 4 is 0 Å². The SMILES string of the molecule is C=C(C)C1=CC=CCC(C)C1C. The van der Waals surface area contributed by atoms with E-state index in [9.17, 15) is 0 Å². The van der Waals surface area contributed by atoms with Crippen molar-refractivity contribution in [3.63, 3.8) is 0 Å². The largest absolute Gasteiger partial charge is 0.0958 e. The highest BCUT2D eigenvalue weighted by Gasteiger charge is 2.16. The summed E-state index contributed by atoms with van der Waals surface area (Å²) >= 11 is 0. The second-order valence-corrected chi connectivity index (χ2v) is 3.83. The molecule has 0 aliphatic heterocycles. The summed E-state index contributed by atoms with van der Waals surface area (Å²) in [5.41, 5.74) is 2.62. The first-order chi connectivity index (χ1) is 5.63. The van der Waals surface area contributed by atoms with Crippen molar-refractivity contribution in [1.82, 2.24) is 0 Å². The van der Waals surface area contributed by atoms with Gasteiger partial charge in [-0.15, -0.1) is 0 Å². The highest BCUT2D eigenvalue weighted by atomic mass is 14.2. The third-order valence-corrected chi connectivity index (χ3v) is 2.76. The fourth-order valence-corrected chi connectivity index (χ4v) is 1.66. The lowest BCUT2D eigenvalue weighted by molar-refractivity contribution is 0.452. The fourth-order valence-electron chi connectivity index (χ4n) is 1.66. The quantitative estimate of drug-likeness (QED) is 0.551. The van der Waals surface area contributed by atoms with Gasteiger partial charge in [-0.3, -0.25) is 0 Å². The molecule has 0 bridgehead atoms. The second-order valence-electron chi connectivity index (χ2n) is 3.83. The molecular weight excluding hydrogens is 144 g/mol. The Morgan fingerprint density at radius 3 is 2.75 bits per heavy atom. The van der Waals surface area contributed by atoms with E-state index < -0.39 is 0 Å². The fraction of sp³-hybridized carbons (Fsp3) is 0.500. The third-order valence-electron chi connectivity index (χ3n) is 2.76. The van der Waals surface area contributed by atoms with Gasteiger partial charge in [0.15, 0.2) is 0 Å². The Kier molecular flexibility index (Phi) is 2.91. The molecule has 1 rings (SSSR count). The van der Waals surface area contributed by atoms with Crippen molar-refractivity contribution < 1.29 is 0 Å². The Hall–Kier alpha value is -0.780. The Morgan fingerprint density at radius 1 is 1.50 bits per heavy atom. The van der Waals surface area contributed by atoms with Crippen molar-refractivity contribution in [3.05, 3.63) is 36.0 Å². The van der Waals surface area contributed by atoms with E-state index in [2.05, 4.69) is 45.6 Å². The highest BCUT2D eigenvalue weighted by Crippen LogP contribution is 2.29. The van der Waals surface area contributed by atoms with Gasteiger partial charge in [0.1, 0.15) is 0 Å². The molecule has 1 aliphatic rings. The summed E-state index contributed by atoms with van der Waals surface area (Å²) in [6.07, 6.45) is 7.80. The van der Waals surface area contributed by atoms with Crippen molar-refractivity contribution in [2.24, 2.45) is 11.8 Å². The van der Waals surface area contributed by atoms with Crippen LogP contribution in [-0.2, 0) is 0 Å². The molecule has 0 nitrogen and oxygen atoms in total. The molecule has 0 heteroatoms. The van der Waals surface area contributed by atoms with E-state index in [1.165, 1.54) is 17.6 Å². The highest BCUT2D eigenvalue weighted by molar-refractivity contribution is 5.33. The van der Waals surface area contributed by atoms with E-state index in [0.717, 1.165) is 5.92 Å². The number of rotatable bonds is 1. The minimum absolute atomic E-state index is 0.650. The van der Waals surface area contributed by atoms with Gasteiger partial charge < -0.3 is 0 Å². The van der Waals surface area contributed by atoms with Gasteiger partial charge >= 0.3 is 0 Å². The summed E-state index contributed by atoms with van der Waals surface area (Å²) in [6.45, 7) is 10.7. The summed E-state index contributed by atoms with van der Waals surface area (Å²) in [5, 5.41) is 0. The van der Waals surface area contributed by atoms with Gasteiger partial charge in [-0.05, 0) is 30.8 Å². The lowest BCUT2D eigenvalue weighted by atomic mass is 9.85. The Morgan fingerprint density at radius 2 is 2.17 bits per heavy atom. The third kappa shape index (κ3) is 1.88. The molecule has 66 valence electrons. The van der Waals surface area contributed by atoms with E-state index in [-0.39, 0.29) is 0 Å². The smallest absolute Gasteiger partial charge is 0.0159 e. The molecule has 0 heterocycles. The molecule has 1 aliphatic carbocycles. The minimum atomic E-state index is 0.650. The van der Waals surface area contributed by atoms with Crippen molar-refractivity contribution in [2.75, 3.05) is 0 Å². The van der Waals surface area contributed by atoms with Gasteiger partial charge in [0.05, 0.1) is 0 Å². The second kappa shape index (κ2) is 3.75. The van der Waals surface area contributed by atoms with Gasteiger partial charge in [-0.25, -0.2) is 0 Å². The van der Waals surface area contributed by atoms with Gasteiger partial charge in [-0.1, -0.05) is 44.2 Å². The molecule has 12 heavy (non-hydrogen) atoms. The van der Waals surface area contributed by atoms with Gasteiger partial charge in [0.25, 0.3) is 0 Å². The summed E-state index contributed by atoms with van der Waals surface area (Å²) in [4.78, 5) is 0. The van der Waals surface area contributed by atoms with Crippen LogP contribution in [0.3, 0.4) is 0 Å². The van der Waals surface area contributed by atoms with Gasteiger partial charge in [0.2, 0.25) is 0 Å². The van der Waals surface area contributed by atoms with Crippen LogP contribution in [0.2, 0.25) is 0 Å². The maximum Gasteiger partial charge on any atom is -0.0159 e. The Bertz CT molecular complexity index is 230. The zero-order chi connectivity index (χ0) is 9.14. The lowest BCUT2D eigenvalue weighted by Gasteiger charge is -2.20. The van der Waals surface area contributed by atoms with Crippen LogP contribution in [0.25, 0.3) is 0 Å². The lowest BCUT2D eigenvalue weighted by Crippen LogP contribution is -2.09. The van der Waals surface area contributed by atoms with E-state index in [1.807, 2.05) is 0 Å². The van der Waals surface area contributed by atoms with Crippen molar-refractivity contribution in [2.45, 2.75) is 27.2 Å². The predicted molar refractivity (Wildman–Crippen MR) is 55.0 cm³/mol. The first kappa shape index (κ1) is 9.31. The van der Waals surface area contributed by atoms with E-state index in [1.54, 1.807) is 0 Å². The first-order valence-corrected chi connectivity index (χ1v) is 4.65. The molecule has 0 saturated heterocycles. The predicted octanol–water partition coefficient (Wildman–Crippen LogP) is 3.72. The monoisotopic (exact) mass is 162 g/mol. The number of hydrogen-bond donors (Lipinski definition) is 0. The maximum atomic E-state index is 4.00. The molecular formula is C12H18. The Balaban J connectivity index is 2.88. The molecule has 0 saturated carbocycles.